The van der Waals surface area contributed by atoms with Crippen LogP contribution in [0.15, 0.2) is 86.2 Å². The maximum absolute atomic E-state index is 14.7. The van der Waals surface area contributed by atoms with Crippen molar-refractivity contribution in [3.8, 4) is 11.5 Å². The molecule has 6 rings (SSSR count). The van der Waals surface area contributed by atoms with Crippen molar-refractivity contribution in [2.45, 2.75) is 40.3 Å². The highest BCUT2D eigenvalue weighted by Gasteiger charge is 2.35. The molecule has 3 aromatic carbocycles. The maximum atomic E-state index is 14.7. The van der Waals surface area contributed by atoms with Crippen LogP contribution in [0.5, 0.6) is 11.5 Å². The molecule has 5 aromatic rings. The fourth-order valence-corrected chi connectivity index (χ4v) is 7.61. The SMILES string of the molecule is CCOC(=O)C1=C(C)N=c2s/c(=C/c3c(C)n(Cc4ccccc4F)c4ccccc34)c(=O)n2[C@H]1c1cc(OC)c(OCC)cc1Br. The summed E-state index contributed by atoms with van der Waals surface area (Å²) in [7, 11) is 1.54. The van der Waals surface area contributed by atoms with Gasteiger partial charge in [0.2, 0.25) is 0 Å². The first kappa shape index (κ1) is 32.5. The molecule has 0 aliphatic carbocycles. The summed E-state index contributed by atoms with van der Waals surface area (Å²) in [4.78, 5) is 33.1. The van der Waals surface area contributed by atoms with E-state index in [0.29, 0.717) is 55.3 Å². The summed E-state index contributed by atoms with van der Waals surface area (Å²) in [5.74, 6) is 0.159. The number of esters is 1. The van der Waals surface area contributed by atoms with Crippen molar-refractivity contribution in [3.05, 3.63) is 124 Å². The van der Waals surface area contributed by atoms with Crippen molar-refractivity contribution in [1.82, 2.24) is 9.13 Å². The van der Waals surface area contributed by atoms with Crippen LogP contribution in [0.4, 0.5) is 4.39 Å². The van der Waals surface area contributed by atoms with Crippen LogP contribution in [0.3, 0.4) is 0 Å². The van der Waals surface area contributed by atoms with Gasteiger partial charge in [0.25, 0.3) is 5.56 Å². The van der Waals surface area contributed by atoms with Gasteiger partial charge in [-0.25, -0.2) is 14.2 Å². The van der Waals surface area contributed by atoms with Gasteiger partial charge in [0.05, 0.1) is 48.7 Å². The van der Waals surface area contributed by atoms with Gasteiger partial charge in [0, 0.05) is 32.2 Å². The Bertz CT molecular complexity index is 2250. The second-order valence-corrected chi connectivity index (χ2v) is 12.8. The van der Waals surface area contributed by atoms with E-state index >= 15 is 0 Å². The second kappa shape index (κ2) is 13.3. The molecular formula is C36H33BrFN3O5S. The standard InChI is InChI=1S/C36H33BrFN3O5S/c1-6-45-30-18-26(37)25(16-29(30)44-5)33-32(35(43)46-7-2)20(3)39-36-41(33)34(42)31(47-36)17-24-21(4)40(28-15-11-9-13-23(24)28)19-22-12-8-10-14-27(22)38/h8-18,33H,6-7,19H2,1-5H3/b31-17+/t33-/m0/s1. The van der Waals surface area contributed by atoms with E-state index in [1.165, 1.54) is 17.4 Å². The van der Waals surface area contributed by atoms with E-state index in [1.54, 1.807) is 49.8 Å². The molecule has 1 atom stereocenters. The largest absolute Gasteiger partial charge is 0.493 e. The van der Waals surface area contributed by atoms with Gasteiger partial charge in [-0.15, -0.1) is 0 Å². The van der Waals surface area contributed by atoms with Crippen molar-refractivity contribution in [3.63, 3.8) is 0 Å². The summed E-state index contributed by atoms with van der Waals surface area (Å²) in [5, 5.41) is 0.936. The van der Waals surface area contributed by atoms with E-state index < -0.39 is 12.0 Å². The Morgan fingerprint density at radius 3 is 2.53 bits per heavy atom. The van der Waals surface area contributed by atoms with Gasteiger partial charge in [-0.2, -0.15) is 0 Å². The zero-order chi connectivity index (χ0) is 33.4. The van der Waals surface area contributed by atoms with E-state index in [0.717, 1.165) is 22.2 Å². The number of para-hydroxylation sites is 1. The van der Waals surface area contributed by atoms with Gasteiger partial charge >= 0.3 is 5.97 Å². The minimum Gasteiger partial charge on any atom is -0.493 e. The summed E-state index contributed by atoms with van der Waals surface area (Å²) in [6.07, 6.45) is 1.87. The van der Waals surface area contributed by atoms with Crippen LogP contribution < -0.4 is 24.4 Å². The minimum absolute atomic E-state index is 0.163. The second-order valence-electron chi connectivity index (χ2n) is 11.0. The van der Waals surface area contributed by atoms with Crippen LogP contribution in [-0.4, -0.2) is 35.4 Å². The number of aromatic nitrogens is 2. The highest BCUT2D eigenvalue weighted by Crippen LogP contribution is 2.41. The fourth-order valence-electron chi connectivity index (χ4n) is 6.05. The number of benzene rings is 3. The number of nitrogens with zero attached hydrogens (tertiary/aromatic N) is 3. The lowest BCUT2D eigenvalue weighted by Crippen LogP contribution is -2.40. The van der Waals surface area contributed by atoms with Crippen molar-refractivity contribution in [1.29, 1.82) is 0 Å². The molecule has 0 bridgehead atoms. The molecule has 11 heteroatoms. The van der Waals surface area contributed by atoms with E-state index in [1.807, 2.05) is 50.3 Å². The molecule has 0 unspecified atom stereocenters. The van der Waals surface area contributed by atoms with Gasteiger partial charge < -0.3 is 18.8 Å². The number of ether oxygens (including phenoxy) is 3. The lowest BCUT2D eigenvalue weighted by atomic mass is 9.95. The topological polar surface area (TPSA) is 84.1 Å². The maximum Gasteiger partial charge on any atom is 0.338 e. The Morgan fingerprint density at radius 2 is 1.81 bits per heavy atom. The first-order valence-electron chi connectivity index (χ1n) is 15.2. The number of halogens is 2. The molecule has 0 saturated carbocycles. The lowest BCUT2D eigenvalue weighted by Gasteiger charge is -2.26. The predicted octanol–water partition coefficient (Wildman–Crippen LogP) is 6.42. The van der Waals surface area contributed by atoms with E-state index in [2.05, 4.69) is 20.5 Å². The van der Waals surface area contributed by atoms with E-state index in [4.69, 9.17) is 19.2 Å². The molecule has 0 saturated heterocycles. The third-order valence-corrected chi connectivity index (χ3v) is 9.91. The van der Waals surface area contributed by atoms with Crippen molar-refractivity contribution in [2.24, 2.45) is 4.99 Å². The normalized spacial score (nSPS) is 14.7. The van der Waals surface area contributed by atoms with Gasteiger partial charge in [-0.3, -0.25) is 9.36 Å². The Hall–Kier alpha value is -4.48. The number of methoxy groups -OCH3 is 1. The number of thiazole rings is 1. The average molecular weight is 719 g/mol. The summed E-state index contributed by atoms with van der Waals surface area (Å²) in [6, 6.07) is 17.3. The number of carbonyl (C=O) groups is 1. The monoisotopic (exact) mass is 717 g/mol. The third-order valence-electron chi connectivity index (χ3n) is 8.24. The molecule has 3 heterocycles. The Morgan fingerprint density at radius 1 is 1.06 bits per heavy atom. The van der Waals surface area contributed by atoms with E-state index in [9.17, 15) is 14.0 Å². The van der Waals surface area contributed by atoms with Gasteiger partial charge in [0.1, 0.15) is 5.82 Å². The molecule has 0 radical (unpaired) electrons. The first-order chi connectivity index (χ1) is 22.7. The number of carbonyl (C=O) groups excluding carboxylic acids is 1. The highest BCUT2D eigenvalue weighted by atomic mass is 79.9. The summed E-state index contributed by atoms with van der Waals surface area (Å²) in [5.41, 5.74) is 4.26. The quantitative estimate of drug-likeness (QED) is 0.165. The lowest BCUT2D eigenvalue weighted by molar-refractivity contribution is -0.139. The zero-order valence-electron chi connectivity index (χ0n) is 26.6. The van der Waals surface area contributed by atoms with Crippen molar-refractivity contribution in [2.75, 3.05) is 20.3 Å². The van der Waals surface area contributed by atoms with Gasteiger partial charge in [-0.05, 0) is 63.6 Å². The highest BCUT2D eigenvalue weighted by molar-refractivity contribution is 9.10. The van der Waals surface area contributed by atoms with Crippen LogP contribution >= 0.6 is 27.3 Å². The summed E-state index contributed by atoms with van der Waals surface area (Å²) in [6.45, 7) is 8.26. The first-order valence-corrected chi connectivity index (χ1v) is 16.8. The molecule has 47 heavy (non-hydrogen) atoms. The number of rotatable bonds is 9. The molecule has 2 aromatic heterocycles. The molecule has 8 nitrogen and oxygen atoms in total. The molecule has 242 valence electrons. The van der Waals surface area contributed by atoms with E-state index in [-0.39, 0.29) is 23.6 Å². The fraction of sp³-hybridized carbons (Fsp3) is 0.250. The van der Waals surface area contributed by atoms with Crippen molar-refractivity contribution >= 4 is 50.2 Å². The number of hydrogen-bond acceptors (Lipinski definition) is 7. The minimum atomic E-state index is -0.852. The predicted molar refractivity (Wildman–Crippen MR) is 184 cm³/mol. The summed E-state index contributed by atoms with van der Waals surface area (Å²) < 4.78 is 36.3. The molecular weight excluding hydrogens is 685 g/mol. The number of allylic oxidation sites excluding steroid dienone is 1. The number of hydrogen-bond donors (Lipinski definition) is 0. The van der Waals surface area contributed by atoms with Gasteiger partial charge in [0.15, 0.2) is 16.3 Å². The zero-order valence-corrected chi connectivity index (χ0v) is 29.0. The van der Waals surface area contributed by atoms with Crippen molar-refractivity contribution < 1.29 is 23.4 Å². The molecule has 0 fully saturated rings. The number of fused-ring (bicyclic) bond motifs is 2. The van der Waals surface area contributed by atoms with Crippen LogP contribution in [0.25, 0.3) is 17.0 Å². The van der Waals surface area contributed by atoms with Crippen LogP contribution in [0.1, 0.15) is 49.2 Å². The Balaban J connectivity index is 1.57. The van der Waals surface area contributed by atoms with Crippen LogP contribution in [0.2, 0.25) is 0 Å². The van der Waals surface area contributed by atoms with Gasteiger partial charge in [-0.1, -0.05) is 63.7 Å². The molecule has 0 spiro atoms. The third kappa shape index (κ3) is 5.82. The average Bonchev–Trinajstić information content (AvgIpc) is 3.50. The van der Waals surface area contributed by atoms with Crippen LogP contribution in [-0.2, 0) is 16.1 Å². The molecule has 0 N–H and O–H groups in total. The Labute approximate surface area is 283 Å². The molecule has 1 aliphatic rings. The Kier molecular flexibility index (Phi) is 9.20. The molecule has 0 amide bonds. The smallest absolute Gasteiger partial charge is 0.338 e. The summed E-state index contributed by atoms with van der Waals surface area (Å²) >= 11 is 4.92. The van der Waals surface area contributed by atoms with Crippen LogP contribution in [0, 0.1) is 12.7 Å². The molecule has 1 aliphatic heterocycles.